The second kappa shape index (κ2) is 53.8. The summed E-state index contributed by atoms with van der Waals surface area (Å²) in [5, 5.41) is 2.98. The Balaban J connectivity index is 5.39. The summed E-state index contributed by atoms with van der Waals surface area (Å²) in [6.07, 6.45) is 74.6. The Kier molecular flexibility index (Phi) is 51.2. The maximum atomic E-state index is 13.5. The Labute approximate surface area is 461 Å². The molecule has 0 aliphatic heterocycles. The molecule has 0 aromatic carbocycles. The van der Waals surface area contributed by atoms with Crippen LogP contribution in [0, 0.1) is 0 Å². The number of phosphoric acid groups is 1. The molecule has 0 radical (unpaired) electrons. The Hall–Kier alpha value is -3.59. The van der Waals surface area contributed by atoms with E-state index in [9.17, 15) is 19.0 Å². The average molecular weight is 1060 g/mol. The first-order chi connectivity index (χ1) is 36.4. The number of nitrogens with zero attached hydrogens (tertiary/aromatic N) is 1. The number of nitrogens with one attached hydrogen (secondary N) is 1. The van der Waals surface area contributed by atoms with Crippen LogP contribution in [0.25, 0.3) is 0 Å². The van der Waals surface area contributed by atoms with Gasteiger partial charge in [0.1, 0.15) is 19.3 Å². The largest absolute Gasteiger partial charge is 0.756 e. The van der Waals surface area contributed by atoms with Crippen LogP contribution in [-0.2, 0) is 27.9 Å². The van der Waals surface area contributed by atoms with Crippen molar-refractivity contribution in [3.05, 3.63) is 122 Å². The second-order valence-corrected chi connectivity index (χ2v) is 22.2. The van der Waals surface area contributed by atoms with E-state index >= 15 is 0 Å². The molecule has 428 valence electrons. The molecule has 0 saturated carbocycles. The number of esters is 1. The van der Waals surface area contributed by atoms with Crippen LogP contribution in [0.2, 0.25) is 0 Å². The van der Waals surface area contributed by atoms with Gasteiger partial charge in [0.2, 0.25) is 5.91 Å². The maximum absolute atomic E-state index is 13.5. The van der Waals surface area contributed by atoms with Crippen LogP contribution in [0.4, 0.5) is 0 Å². The van der Waals surface area contributed by atoms with E-state index in [0.717, 1.165) is 109 Å². The van der Waals surface area contributed by atoms with Gasteiger partial charge >= 0.3 is 5.97 Å². The van der Waals surface area contributed by atoms with E-state index in [0.29, 0.717) is 23.9 Å². The number of hydrogen-bond donors (Lipinski definition) is 1. The molecule has 0 spiro atoms. The van der Waals surface area contributed by atoms with Gasteiger partial charge in [-0.1, -0.05) is 220 Å². The number of hydrogen-bond acceptors (Lipinski definition) is 7. The number of amides is 1. The number of likely N-dealkylation sites (N-methyl/N-ethyl adjacent to an activating group) is 1. The number of phosphoric ester groups is 1. The van der Waals surface area contributed by atoms with Gasteiger partial charge in [0.15, 0.2) is 0 Å². The minimum Gasteiger partial charge on any atom is -0.756 e. The molecule has 0 heterocycles. The zero-order valence-corrected chi connectivity index (χ0v) is 49.6. The Morgan fingerprint density at radius 2 is 0.867 bits per heavy atom. The lowest BCUT2D eigenvalue weighted by Gasteiger charge is -2.30. The Morgan fingerprint density at radius 3 is 1.33 bits per heavy atom. The topological polar surface area (TPSA) is 114 Å². The molecule has 1 N–H and O–H groups in total. The number of ether oxygens (including phenoxy) is 1. The van der Waals surface area contributed by atoms with Crippen molar-refractivity contribution < 1.29 is 37.3 Å². The van der Waals surface area contributed by atoms with E-state index < -0.39 is 26.6 Å². The molecular formula is C65H111N2O7P. The highest BCUT2D eigenvalue weighted by atomic mass is 31.2. The predicted octanol–water partition coefficient (Wildman–Crippen LogP) is 17.7. The second-order valence-electron chi connectivity index (χ2n) is 20.8. The lowest BCUT2D eigenvalue weighted by atomic mass is 10.1. The third-order valence-electron chi connectivity index (χ3n) is 12.4. The highest BCUT2D eigenvalue weighted by Gasteiger charge is 2.27. The van der Waals surface area contributed by atoms with E-state index in [-0.39, 0.29) is 31.3 Å². The molecule has 0 saturated heterocycles. The Morgan fingerprint density at radius 1 is 0.480 bits per heavy atom. The molecule has 3 atom stereocenters. The van der Waals surface area contributed by atoms with Gasteiger partial charge in [-0.25, -0.2) is 0 Å². The summed E-state index contributed by atoms with van der Waals surface area (Å²) >= 11 is 0. The van der Waals surface area contributed by atoms with Crippen LogP contribution >= 0.6 is 7.82 Å². The normalized spacial score (nSPS) is 14.6. The molecule has 0 rings (SSSR count). The lowest BCUT2D eigenvalue weighted by Crippen LogP contribution is -2.47. The van der Waals surface area contributed by atoms with E-state index in [2.05, 4.69) is 135 Å². The molecule has 9 nitrogen and oxygen atoms in total. The van der Waals surface area contributed by atoms with Crippen molar-refractivity contribution in [1.82, 2.24) is 5.32 Å². The summed E-state index contributed by atoms with van der Waals surface area (Å²) in [5.74, 6) is -0.641. The van der Waals surface area contributed by atoms with Crippen LogP contribution < -0.4 is 10.2 Å². The summed E-state index contributed by atoms with van der Waals surface area (Å²) in [6, 6.07) is -0.934. The molecule has 0 aromatic heterocycles. The standard InChI is InChI=1S/C65H111N2O7P/c1-7-10-13-16-19-22-25-27-29-31-32-33-34-36-38-40-43-46-49-52-55-58-65(69)74-63(56-53-50-47-44-41-24-21-18-15-12-9-3)62(61-73-75(70,71)72-60-59-67(4,5)6)66-64(68)57-54-51-48-45-42-39-37-35-30-28-26-23-20-17-14-11-8-2/h11,14,19-20,22-23,27-30,32-33,36-39,45,48,53,56,62-63H,7-10,12-13,15-18,21,24-26,31,34-35,40-44,46-47,49-52,54-55,57-61H2,1-6H3,(H-,66,68,70,71)/b14-11-,22-19-,23-20-,29-27-,30-28-,33-32-,38-36-,39-37-,48-45-,56-53+. The van der Waals surface area contributed by atoms with E-state index in [4.69, 9.17) is 13.8 Å². The number of unbranched alkanes of at least 4 members (excludes halogenated alkanes) is 18. The molecule has 0 aliphatic carbocycles. The fourth-order valence-corrected chi connectivity index (χ4v) is 8.50. The van der Waals surface area contributed by atoms with Gasteiger partial charge in [-0.15, -0.1) is 0 Å². The number of allylic oxidation sites excluding steroid dienone is 19. The van der Waals surface area contributed by atoms with Crippen molar-refractivity contribution >= 4 is 19.7 Å². The summed E-state index contributed by atoms with van der Waals surface area (Å²) in [6.45, 7) is 6.61. The lowest BCUT2D eigenvalue weighted by molar-refractivity contribution is -0.870. The minimum atomic E-state index is -4.72. The first kappa shape index (κ1) is 71.4. The van der Waals surface area contributed by atoms with Crippen molar-refractivity contribution in [2.75, 3.05) is 40.9 Å². The van der Waals surface area contributed by atoms with Crippen molar-refractivity contribution in [3.8, 4) is 0 Å². The van der Waals surface area contributed by atoms with E-state index in [1.54, 1.807) is 6.08 Å². The zero-order chi connectivity index (χ0) is 55.0. The highest BCUT2D eigenvalue weighted by Crippen LogP contribution is 2.38. The van der Waals surface area contributed by atoms with Gasteiger partial charge in [0.05, 0.1) is 33.8 Å². The van der Waals surface area contributed by atoms with Gasteiger partial charge in [0.25, 0.3) is 7.82 Å². The average Bonchev–Trinajstić information content (AvgIpc) is 3.37. The number of rotatable bonds is 52. The fraction of sp³-hybridized carbons (Fsp3) is 0.662. The molecule has 0 bridgehead atoms. The van der Waals surface area contributed by atoms with Gasteiger partial charge in [0, 0.05) is 12.8 Å². The molecule has 75 heavy (non-hydrogen) atoms. The van der Waals surface area contributed by atoms with Crippen molar-refractivity contribution in [1.29, 1.82) is 0 Å². The summed E-state index contributed by atoms with van der Waals surface area (Å²) < 4.78 is 30.2. The molecular weight excluding hydrogens is 952 g/mol. The van der Waals surface area contributed by atoms with Crippen LogP contribution in [0.5, 0.6) is 0 Å². The van der Waals surface area contributed by atoms with E-state index in [1.807, 2.05) is 27.2 Å². The van der Waals surface area contributed by atoms with E-state index in [1.165, 1.54) is 70.6 Å². The predicted molar refractivity (Wildman–Crippen MR) is 320 cm³/mol. The molecule has 0 fully saturated rings. The van der Waals surface area contributed by atoms with Crippen LogP contribution in [-0.4, -0.2) is 69.4 Å². The first-order valence-electron chi connectivity index (χ1n) is 29.8. The summed E-state index contributed by atoms with van der Waals surface area (Å²) in [4.78, 5) is 39.9. The third-order valence-corrected chi connectivity index (χ3v) is 13.3. The zero-order valence-electron chi connectivity index (χ0n) is 48.7. The molecule has 0 aromatic rings. The molecule has 0 aliphatic rings. The number of carbonyl (C=O) groups is 2. The molecule has 10 heteroatoms. The minimum absolute atomic E-state index is 0.0430. The monoisotopic (exact) mass is 1060 g/mol. The summed E-state index contributed by atoms with van der Waals surface area (Å²) in [5.41, 5.74) is 0. The number of quaternary nitrogens is 1. The summed E-state index contributed by atoms with van der Waals surface area (Å²) in [7, 11) is 1.12. The highest BCUT2D eigenvalue weighted by molar-refractivity contribution is 7.45. The van der Waals surface area contributed by atoms with Crippen LogP contribution in [0.3, 0.4) is 0 Å². The van der Waals surface area contributed by atoms with Gasteiger partial charge in [-0.3, -0.25) is 14.2 Å². The third kappa shape index (κ3) is 55.0. The fourth-order valence-electron chi connectivity index (χ4n) is 7.77. The Bertz CT molecular complexity index is 1700. The van der Waals surface area contributed by atoms with Crippen LogP contribution in [0.15, 0.2) is 122 Å². The quantitative estimate of drug-likeness (QED) is 0.0212. The maximum Gasteiger partial charge on any atom is 0.306 e. The van der Waals surface area contributed by atoms with Crippen molar-refractivity contribution in [2.24, 2.45) is 0 Å². The molecule has 3 unspecified atom stereocenters. The first-order valence-corrected chi connectivity index (χ1v) is 31.3. The smallest absolute Gasteiger partial charge is 0.306 e. The number of carbonyl (C=O) groups excluding carboxylic acids is 2. The van der Waals surface area contributed by atoms with Crippen molar-refractivity contribution in [2.45, 2.75) is 238 Å². The van der Waals surface area contributed by atoms with Gasteiger partial charge in [-0.05, 0) is 115 Å². The molecule has 1 amide bonds. The SMILES string of the molecule is CC/C=C\C/C=C\C/C=C\C/C=C\C/C=C\CCCC(=O)NC(COP(=O)([O-])OCC[N+](C)(C)C)C(/C=C/CCCCCCCCCCC)OC(=O)CCCCCCC/C=C\C/C=C\C/C=C\C/C=C\CCCCC. The van der Waals surface area contributed by atoms with Gasteiger partial charge in [-0.2, -0.15) is 0 Å². The van der Waals surface area contributed by atoms with Crippen molar-refractivity contribution in [3.63, 3.8) is 0 Å². The van der Waals surface area contributed by atoms with Gasteiger partial charge < -0.3 is 28.5 Å². The van der Waals surface area contributed by atoms with Crippen LogP contribution in [0.1, 0.15) is 226 Å².